The summed E-state index contributed by atoms with van der Waals surface area (Å²) in [6.45, 7) is 0. The third-order valence-electron chi connectivity index (χ3n) is 12.0. The lowest BCUT2D eigenvalue weighted by Crippen LogP contribution is -2.12. The standard InChI is InChI=1S/C60H42N2/c1-5-20-44(21-6-1)50-41-38-47(42-55(50)46-24-9-3-10-25-46)43-36-39-49(40-37-43)61(56-32-16-13-28-51(56)45-22-7-2-8-23-45)57-33-17-14-29-52(57)53-31-19-35-59-60(53)54-30-15-18-34-58(54)62(59)48-26-11-4-12-27-48/h1-42H. The summed E-state index contributed by atoms with van der Waals surface area (Å²) in [5, 5.41) is 2.46. The summed E-state index contributed by atoms with van der Waals surface area (Å²) in [4.78, 5) is 2.45. The third kappa shape index (κ3) is 6.65. The Hall–Kier alpha value is -8.20. The fourth-order valence-corrected chi connectivity index (χ4v) is 9.19. The first-order valence-electron chi connectivity index (χ1n) is 21.3. The van der Waals surface area contributed by atoms with E-state index in [2.05, 4.69) is 264 Å². The van der Waals surface area contributed by atoms with Gasteiger partial charge >= 0.3 is 0 Å². The number of benzene rings is 10. The van der Waals surface area contributed by atoms with Gasteiger partial charge in [0.25, 0.3) is 0 Å². The summed E-state index contributed by atoms with van der Waals surface area (Å²) < 4.78 is 2.40. The molecule has 0 atom stereocenters. The van der Waals surface area contributed by atoms with Crippen LogP contribution in [0.5, 0.6) is 0 Å². The van der Waals surface area contributed by atoms with Gasteiger partial charge in [0.1, 0.15) is 0 Å². The molecule has 0 N–H and O–H groups in total. The van der Waals surface area contributed by atoms with E-state index >= 15 is 0 Å². The predicted molar refractivity (Wildman–Crippen MR) is 263 cm³/mol. The van der Waals surface area contributed by atoms with E-state index in [1.807, 2.05) is 0 Å². The van der Waals surface area contributed by atoms with Crippen molar-refractivity contribution in [1.29, 1.82) is 0 Å². The van der Waals surface area contributed by atoms with Crippen LogP contribution in [0.2, 0.25) is 0 Å². The van der Waals surface area contributed by atoms with Crippen LogP contribution in [0, 0.1) is 0 Å². The van der Waals surface area contributed by atoms with Gasteiger partial charge in [-0.1, -0.05) is 200 Å². The number of rotatable bonds is 9. The van der Waals surface area contributed by atoms with Crippen LogP contribution in [0.4, 0.5) is 17.1 Å². The molecular formula is C60H42N2. The predicted octanol–water partition coefficient (Wildman–Crippen LogP) is 16.6. The lowest BCUT2D eigenvalue weighted by molar-refractivity contribution is 1.18. The Morgan fingerprint density at radius 3 is 1.44 bits per heavy atom. The molecule has 0 fully saturated rings. The van der Waals surface area contributed by atoms with E-state index in [1.54, 1.807) is 0 Å². The van der Waals surface area contributed by atoms with Crippen molar-refractivity contribution >= 4 is 38.9 Å². The van der Waals surface area contributed by atoms with Crippen LogP contribution in [0.15, 0.2) is 255 Å². The van der Waals surface area contributed by atoms with Crippen molar-refractivity contribution in [2.75, 3.05) is 4.90 Å². The van der Waals surface area contributed by atoms with Crippen molar-refractivity contribution in [3.8, 4) is 61.3 Å². The highest BCUT2D eigenvalue weighted by atomic mass is 15.1. The number of hydrogen-bond donors (Lipinski definition) is 0. The molecule has 0 bridgehead atoms. The monoisotopic (exact) mass is 790 g/mol. The van der Waals surface area contributed by atoms with Gasteiger partial charge in [0, 0.05) is 33.3 Å². The van der Waals surface area contributed by atoms with Gasteiger partial charge in [0.05, 0.1) is 22.4 Å². The van der Waals surface area contributed by atoms with E-state index in [4.69, 9.17) is 0 Å². The Balaban J connectivity index is 1.10. The smallest absolute Gasteiger partial charge is 0.0547 e. The SMILES string of the molecule is c1ccc(-c2ccc(-c3ccc(N(c4ccccc4-c4ccccc4)c4ccccc4-c4cccc5c4c4ccccc4n5-c4ccccc4)cc3)cc2-c2ccccc2)cc1. The van der Waals surface area contributed by atoms with E-state index in [0.29, 0.717) is 0 Å². The van der Waals surface area contributed by atoms with Crippen molar-refractivity contribution in [2.24, 2.45) is 0 Å². The maximum Gasteiger partial charge on any atom is 0.0547 e. The van der Waals surface area contributed by atoms with Gasteiger partial charge in [0.2, 0.25) is 0 Å². The molecule has 0 unspecified atom stereocenters. The van der Waals surface area contributed by atoms with Crippen molar-refractivity contribution < 1.29 is 0 Å². The normalized spacial score (nSPS) is 11.2. The molecule has 0 radical (unpaired) electrons. The molecule has 0 aliphatic heterocycles. The Morgan fingerprint density at radius 2 is 0.758 bits per heavy atom. The minimum absolute atomic E-state index is 1.08. The largest absolute Gasteiger partial charge is 0.309 e. The summed E-state index contributed by atoms with van der Waals surface area (Å²) in [7, 11) is 0. The summed E-state index contributed by atoms with van der Waals surface area (Å²) >= 11 is 0. The van der Waals surface area contributed by atoms with Gasteiger partial charge in [0.15, 0.2) is 0 Å². The summed E-state index contributed by atoms with van der Waals surface area (Å²) in [5.41, 5.74) is 18.7. The topological polar surface area (TPSA) is 8.17 Å². The lowest BCUT2D eigenvalue weighted by Gasteiger charge is -2.30. The molecule has 62 heavy (non-hydrogen) atoms. The first-order chi connectivity index (χ1) is 30.8. The number of hydrogen-bond acceptors (Lipinski definition) is 1. The van der Waals surface area contributed by atoms with Crippen molar-refractivity contribution in [1.82, 2.24) is 4.57 Å². The quantitative estimate of drug-likeness (QED) is 0.141. The number of para-hydroxylation sites is 4. The van der Waals surface area contributed by atoms with Crippen LogP contribution >= 0.6 is 0 Å². The first-order valence-corrected chi connectivity index (χ1v) is 21.3. The summed E-state index contributed by atoms with van der Waals surface area (Å²) in [6, 6.07) is 92.0. The number of aromatic nitrogens is 1. The molecule has 1 heterocycles. The molecule has 0 aliphatic carbocycles. The van der Waals surface area contributed by atoms with E-state index < -0.39 is 0 Å². The first kappa shape index (κ1) is 36.8. The average molecular weight is 791 g/mol. The van der Waals surface area contributed by atoms with Crippen LogP contribution in [0.25, 0.3) is 83.1 Å². The fourth-order valence-electron chi connectivity index (χ4n) is 9.19. The Bertz CT molecular complexity index is 3310. The Morgan fingerprint density at radius 1 is 0.274 bits per heavy atom. The zero-order valence-electron chi connectivity index (χ0n) is 34.1. The molecule has 2 nitrogen and oxygen atoms in total. The van der Waals surface area contributed by atoms with Gasteiger partial charge in [-0.2, -0.15) is 0 Å². The highest BCUT2D eigenvalue weighted by Gasteiger charge is 2.23. The number of nitrogens with zero attached hydrogens (tertiary/aromatic N) is 2. The zero-order valence-corrected chi connectivity index (χ0v) is 34.1. The minimum Gasteiger partial charge on any atom is -0.309 e. The van der Waals surface area contributed by atoms with Gasteiger partial charge in [-0.05, 0) is 99.1 Å². The van der Waals surface area contributed by atoms with Gasteiger partial charge in [-0.25, -0.2) is 0 Å². The van der Waals surface area contributed by atoms with Crippen molar-refractivity contribution in [3.05, 3.63) is 255 Å². The average Bonchev–Trinajstić information content (AvgIpc) is 3.70. The third-order valence-corrected chi connectivity index (χ3v) is 12.0. The molecule has 2 heteroatoms. The molecule has 292 valence electrons. The van der Waals surface area contributed by atoms with Gasteiger partial charge in [-0.15, -0.1) is 0 Å². The van der Waals surface area contributed by atoms with E-state index in [1.165, 1.54) is 60.8 Å². The Kier molecular flexibility index (Phi) is 9.57. The molecular weight excluding hydrogens is 749 g/mol. The molecule has 11 aromatic rings. The molecule has 0 aliphatic rings. The van der Waals surface area contributed by atoms with Crippen molar-refractivity contribution in [2.45, 2.75) is 0 Å². The molecule has 0 saturated carbocycles. The highest BCUT2D eigenvalue weighted by molar-refractivity contribution is 6.17. The second-order valence-corrected chi connectivity index (χ2v) is 15.7. The lowest BCUT2D eigenvalue weighted by atomic mass is 9.91. The highest BCUT2D eigenvalue weighted by Crippen LogP contribution is 2.48. The Labute approximate surface area is 362 Å². The molecule has 1 aromatic heterocycles. The van der Waals surface area contributed by atoms with E-state index in [0.717, 1.165) is 39.4 Å². The van der Waals surface area contributed by atoms with Crippen molar-refractivity contribution in [3.63, 3.8) is 0 Å². The molecule has 10 aromatic carbocycles. The fraction of sp³-hybridized carbons (Fsp3) is 0. The van der Waals surface area contributed by atoms with Crippen LogP contribution in [0.3, 0.4) is 0 Å². The second kappa shape index (κ2) is 16.1. The number of fused-ring (bicyclic) bond motifs is 3. The summed E-state index contributed by atoms with van der Waals surface area (Å²) in [5.74, 6) is 0. The van der Waals surface area contributed by atoms with Gasteiger partial charge < -0.3 is 9.47 Å². The maximum absolute atomic E-state index is 2.45. The molecule has 11 rings (SSSR count). The molecule has 0 spiro atoms. The molecule has 0 amide bonds. The maximum atomic E-state index is 2.45. The minimum atomic E-state index is 1.08. The van der Waals surface area contributed by atoms with Crippen LogP contribution in [-0.2, 0) is 0 Å². The zero-order chi connectivity index (χ0) is 41.2. The summed E-state index contributed by atoms with van der Waals surface area (Å²) in [6.07, 6.45) is 0. The number of anilines is 3. The molecule has 0 saturated heterocycles. The van der Waals surface area contributed by atoms with Crippen LogP contribution in [-0.4, -0.2) is 4.57 Å². The van der Waals surface area contributed by atoms with Crippen LogP contribution in [0.1, 0.15) is 0 Å². The van der Waals surface area contributed by atoms with E-state index in [-0.39, 0.29) is 0 Å². The van der Waals surface area contributed by atoms with Crippen LogP contribution < -0.4 is 4.90 Å². The van der Waals surface area contributed by atoms with Gasteiger partial charge in [-0.3, -0.25) is 0 Å². The second-order valence-electron chi connectivity index (χ2n) is 15.7. The van der Waals surface area contributed by atoms with E-state index in [9.17, 15) is 0 Å².